The normalized spacial score (nSPS) is 18.5. The molecule has 1 unspecified atom stereocenters. The summed E-state index contributed by atoms with van der Waals surface area (Å²) in [5.74, 6) is 6.06. The minimum Gasteiger partial charge on any atom is -0.271 e. The third-order valence-corrected chi connectivity index (χ3v) is 4.40. The maximum Gasteiger partial charge on any atom is 0.123 e. The van der Waals surface area contributed by atoms with E-state index in [0.29, 0.717) is 5.92 Å². The van der Waals surface area contributed by atoms with Crippen LogP contribution < -0.4 is 11.3 Å². The lowest BCUT2D eigenvalue weighted by Gasteiger charge is -2.23. The molecule has 4 heteroatoms. The lowest BCUT2D eigenvalue weighted by Crippen LogP contribution is -2.41. The van der Waals surface area contributed by atoms with Crippen LogP contribution in [0.2, 0.25) is 0 Å². The van der Waals surface area contributed by atoms with E-state index in [2.05, 4.69) is 21.4 Å². The summed E-state index contributed by atoms with van der Waals surface area (Å²) < 4.78 is 14.2. The Balaban J connectivity index is 2.09. The van der Waals surface area contributed by atoms with Gasteiger partial charge in [-0.3, -0.25) is 11.3 Å². The highest BCUT2D eigenvalue weighted by Crippen LogP contribution is 2.30. The minimum absolute atomic E-state index is 0.189. The van der Waals surface area contributed by atoms with Gasteiger partial charge in [-0.05, 0) is 48.9 Å². The molecular weight excluding hydrogens is 283 g/mol. The van der Waals surface area contributed by atoms with E-state index in [1.54, 1.807) is 12.1 Å². The second kappa shape index (κ2) is 5.94. The Morgan fingerprint density at radius 2 is 2.12 bits per heavy atom. The standard InChI is InChI=1S/C13H18BrFN2/c14-12-6-5-11(15)7-10(12)8-13(17-16)9-3-1-2-4-9/h5-7,9,13,17H,1-4,8,16H2. The number of nitrogens with two attached hydrogens (primary N) is 1. The molecule has 0 aliphatic heterocycles. The van der Waals surface area contributed by atoms with Crippen LogP contribution >= 0.6 is 15.9 Å². The number of benzene rings is 1. The van der Waals surface area contributed by atoms with Crippen molar-refractivity contribution in [1.29, 1.82) is 0 Å². The Hall–Kier alpha value is -0.450. The Kier molecular flexibility index (Phi) is 4.54. The molecule has 3 N–H and O–H groups in total. The molecular formula is C13H18BrFN2. The highest BCUT2D eigenvalue weighted by molar-refractivity contribution is 9.10. The third kappa shape index (κ3) is 3.27. The smallest absolute Gasteiger partial charge is 0.123 e. The zero-order valence-electron chi connectivity index (χ0n) is 9.76. The van der Waals surface area contributed by atoms with Gasteiger partial charge in [0.2, 0.25) is 0 Å². The van der Waals surface area contributed by atoms with Crippen LogP contribution in [0.5, 0.6) is 0 Å². The van der Waals surface area contributed by atoms with Crippen molar-refractivity contribution < 1.29 is 4.39 Å². The van der Waals surface area contributed by atoms with Gasteiger partial charge < -0.3 is 0 Å². The summed E-state index contributed by atoms with van der Waals surface area (Å²) >= 11 is 3.46. The molecule has 2 rings (SSSR count). The van der Waals surface area contributed by atoms with Crippen LogP contribution in [0, 0.1) is 11.7 Å². The second-order valence-corrected chi connectivity index (χ2v) is 5.61. The Labute approximate surface area is 110 Å². The first-order valence-corrected chi connectivity index (χ1v) is 6.90. The zero-order chi connectivity index (χ0) is 12.3. The summed E-state index contributed by atoms with van der Waals surface area (Å²) in [7, 11) is 0. The first-order valence-electron chi connectivity index (χ1n) is 6.10. The van der Waals surface area contributed by atoms with Crippen LogP contribution in [0.3, 0.4) is 0 Å². The molecule has 0 amide bonds. The fraction of sp³-hybridized carbons (Fsp3) is 0.538. The van der Waals surface area contributed by atoms with Gasteiger partial charge in [-0.15, -0.1) is 0 Å². The number of hydrogen-bond donors (Lipinski definition) is 2. The fourth-order valence-corrected chi connectivity index (χ4v) is 3.07. The molecule has 0 spiro atoms. The van der Waals surface area contributed by atoms with Crippen LogP contribution in [0.4, 0.5) is 4.39 Å². The lowest BCUT2D eigenvalue weighted by molar-refractivity contribution is 0.360. The first-order chi connectivity index (χ1) is 8.20. The molecule has 0 heterocycles. The van der Waals surface area contributed by atoms with Gasteiger partial charge in [0.05, 0.1) is 0 Å². The molecule has 1 aliphatic rings. The fourth-order valence-electron chi connectivity index (χ4n) is 2.66. The first kappa shape index (κ1) is 13.0. The van der Waals surface area contributed by atoms with E-state index in [-0.39, 0.29) is 11.9 Å². The van der Waals surface area contributed by atoms with E-state index in [1.165, 1.54) is 31.7 Å². The quantitative estimate of drug-likeness (QED) is 0.662. The average Bonchev–Trinajstić information content (AvgIpc) is 2.84. The lowest BCUT2D eigenvalue weighted by atomic mass is 9.93. The number of rotatable bonds is 4. The number of hydrazine groups is 1. The summed E-state index contributed by atoms with van der Waals surface area (Å²) in [6, 6.07) is 5.06. The van der Waals surface area contributed by atoms with Crippen molar-refractivity contribution in [2.45, 2.75) is 38.1 Å². The molecule has 1 fully saturated rings. The molecule has 1 aromatic carbocycles. The van der Waals surface area contributed by atoms with E-state index >= 15 is 0 Å². The van der Waals surface area contributed by atoms with Crippen molar-refractivity contribution >= 4 is 15.9 Å². The van der Waals surface area contributed by atoms with E-state index in [9.17, 15) is 4.39 Å². The van der Waals surface area contributed by atoms with Gasteiger partial charge in [-0.2, -0.15) is 0 Å². The summed E-state index contributed by atoms with van der Waals surface area (Å²) in [5, 5.41) is 0. The van der Waals surface area contributed by atoms with Crippen LogP contribution in [0.1, 0.15) is 31.2 Å². The highest BCUT2D eigenvalue weighted by atomic mass is 79.9. The number of halogens is 2. The van der Waals surface area contributed by atoms with E-state index in [1.807, 2.05) is 0 Å². The van der Waals surface area contributed by atoms with Crippen molar-refractivity contribution in [3.05, 3.63) is 34.1 Å². The van der Waals surface area contributed by atoms with Crippen molar-refractivity contribution in [2.75, 3.05) is 0 Å². The summed E-state index contributed by atoms with van der Waals surface area (Å²) in [4.78, 5) is 0. The highest BCUT2D eigenvalue weighted by Gasteiger charge is 2.24. The van der Waals surface area contributed by atoms with Crippen molar-refractivity contribution in [3.8, 4) is 0 Å². The van der Waals surface area contributed by atoms with E-state index in [0.717, 1.165) is 16.5 Å². The third-order valence-electron chi connectivity index (χ3n) is 3.63. The topological polar surface area (TPSA) is 38.0 Å². The minimum atomic E-state index is -0.189. The summed E-state index contributed by atoms with van der Waals surface area (Å²) in [5.41, 5.74) is 3.88. The second-order valence-electron chi connectivity index (χ2n) is 4.76. The van der Waals surface area contributed by atoms with Gasteiger partial charge in [0.15, 0.2) is 0 Å². The van der Waals surface area contributed by atoms with Gasteiger partial charge in [0.1, 0.15) is 5.82 Å². The number of hydrogen-bond acceptors (Lipinski definition) is 2. The maximum absolute atomic E-state index is 13.2. The monoisotopic (exact) mass is 300 g/mol. The van der Waals surface area contributed by atoms with Crippen LogP contribution in [-0.4, -0.2) is 6.04 Å². The van der Waals surface area contributed by atoms with Crippen LogP contribution in [-0.2, 0) is 6.42 Å². The summed E-state index contributed by atoms with van der Waals surface area (Å²) in [6.07, 6.45) is 5.80. The van der Waals surface area contributed by atoms with Crippen LogP contribution in [0.15, 0.2) is 22.7 Å². The van der Waals surface area contributed by atoms with Crippen molar-refractivity contribution in [3.63, 3.8) is 0 Å². The molecule has 1 aliphatic carbocycles. The molecule has 0 bridgehead atoms. The van der Waals surface area contributed by atoms with Gasteiger partial charge in [0, 0.05) is 10.5 Å². The Morgan fingerprint density at radius 1 is 1.41 bits per heavy atom. The molecule has 0 radical (unpaired) electrons. The SMILES string of the molecule is NNC(Cc1cc(F)ccc1Br)C1CCCC1. The molecule has 1 saturated carbocycles. The molecule has 0 aromatic heterocycles. The van der Waals surface area contributed by atoms with Crippen molar-refractivity contribution in [1.82, 2.24) is 5.43 Å². The number of nitrogens with one attached hydrogen (secondary N) is 1. The molecule has 1 aromatic rings. The largest absolute Gasteiger partial charge is 0.271 e. The molecule has 2 nitrogen and oxygen atoms in total. The van der Waals surface area contributed by atoms with E-state index < -0.39 is 0 Å². The van der Waals surface area contributed by atoms with Crippen molar-refractivity contribution in [2.24, 2.45) is 11.8 Å². The molecule has 1 atom stereocenters. The average molecular weight is 301 g/mol. The van der Waals surface area contributed by atoms with Gasteiger partial charge in [-0.1, -0.05) is 28.8 Å². The maximum atomic E-state index is 13.2. The predicted molar refractivity (Wildman–Crippen MR) is 70.9 cm³/mol. The predicted octanol–water partition coefficient (Wildman–Crippen LogP) is 3.15. The molecule has 0 saturated heterocycles. The van der Waals surface area contributed by atoms with E-state index in [4.69, 9.17) is 5.84 Å². The zero-order valence-corrected chi connectivity index (χ0v) is 11.3. The van der Waals surface area contributed by atoms with Gasteiger partial charge >= 0.3 is 0 Å². The van der Waals surface area contributed by atoms with Gasteiger partial charge in [0.25, 0.3) is 0 Å². The molecule has 17 heavy (non-hydrogen) atoms. The Morgan fingerprint density at radius 3 is 2.76 bits per heavy atom. The van der Waals surface area contributed by atoms with Crippen LogP contribution in [0.25, 0.3) is 0 Å². The molecule has 94 valence electrons. The van der Waals surface area contributed by atoms with Gasteiger partial charge in [-0.25, -0.2) is 4.39 Å². The Bertz CT molecular complexity index is 378. The summed E-state index contributed by atoms with van der Waals surface area (Å²) in [6.45, 7) is 0.